The Kier molecular flexibility index (Phi) is 5.03. The summed E-state index contributed by atoms with van der Waals surface area (Å²) in [5, 5.41) is 0. The third-order valence-corrected chi connectivity index (χ3v) is 3.13. The monoisotopic (exact) mass is 215 g/mol. The van der Waals surface area contributed by atoms with E-state index in [1.165, 1.54) is 6.42 Å². The lowest BCUT2D eigenvalue weighted by atomic mass is 10.0. The molecule has 1 aliphatic rings. The molecule has 1 saturated carbocycles. The van der Waals surface area contributed by atoms with Crippen molar-refractivity contribution in [3.8, 4) is 0 Å². The van der Waals surface area contributed by atoms with E-state index in [9.17, 15) is 0 Å². The highest BCUT2D eigenvalue weighted by Gasteiger charge is 2.36. The van der Waals surface area contributed by atoms with Crippen molar-refractivity contribution in [1.82, 2.24) is 0 Å². The number of hydrogen-bond acceptors (Lipinski definition) is 3. The van der Waals surface area contributed by atoms with Gasteiger partial charge in [-0.3, -0.25) is 0 Å². The van der Waals surface area contributed by atoms with Gasteiger partial charge in [0.15, 0.2) is 0 Å². The van der Waals surface area contributed by atoms with Crippen molar-refractivity contribution in [2.24, 2.45) is 11.7 Å². The molecule has 3 nitrogen and oxygen atoms in total. The van der Waals surface area contributed by atoms with Crippen molar-refractivity contribution in [3.05, 3.63) is 0 Å². The van der Waals surface area contributed by atoms with Gasteiger partial charge in [0.1, 0.15) is 0 Å². The molecule has 1 rings (SSSR count). The summed E-state index contributed by atoms with van der Waals surface area (Å²) in [5.74, 6) is 0.750. The van der Waals surface area contributed by atoms with E-state index >= 15 is 0 Å². The molecule has 1 fully saturated rings. The van der Waals surface area contributed by atoms with Crippen molar-refractivity contribution in [3.63, 3.8) is 0 Å². The van der Waals surface area contributed by atoms with Gasteiger partial charge in [-0.05, 0) is 39.0 Å². The van der Waals surface area contributed by atoms with Gasteiger partial charge in [0.05, 0.1) is 24.9 Å². The molecule has 0 spiro atoms. The first kappa shape index (κ1) is 12.9. The third kappa shape index (κ3) is 4.09. The molecule has 1 aliphatic carbocycles. The molecular weight excluding hydrogens is 190 g/mol. The van der Waals surface area contributed by atoms with Crippen molar-refractivity contribution < 1.29 is 9.47 Å². The molecule has 0 saturated heterocycles. The fourth-order valence-electron chi connectivity index (χ4n) is 2.27. The first-order valence-electron chi connectivity index (χ1n) is 6.03. The maximum absolute atomic E-state index is 5.91. The molecule has 0 bridgehead atoms. The zero-order valence-electron chi connectivity index (χ0n) is 10.3. The molecule has 0 aromatic carbocycles. The smallest absolute Gasteiger partial charge is 0.0807 e. The minimum atomic E-state index is -0.0558. The highest BCUT2D eigenvalue weighted by atomic mass is 16.5. The predicted octanol–water partition coefficient (Wildman–Crippen LogP) is 1.95. The lowest BCUT2D eigenvalue weighted by Crippen LogP contribution is -2.39. The van der Waals surface area contributed by atoms with Crippen LogP contribution in [0.3, 0.4) is 0 Å². The second-order valence-corrected chi connectivity index (χ2v) is 5.00. The minimum Gasteiger partial charge on any atom is -0.376 e. The number of ether oxygens (including phenoxy) is 2. The molecule has 2 unspecified atom stereocenters. The Bertz CT molecular complexity index is 184. The van der Waals surface area contributed by atoms with E-state index in [0.717, 1.165) is 18.8 Å². The van der Waals surface area contributed by atoms with E-state index in [4.69, 9.17) is 15.2 Å². The summed E-state index contributed by atoms with van der Waals surface area (Å²) in [7, 11) is 0. The lowest BCUT2D eigenvalue weighted by Gasteiger charge is -2.28. The van der Waals surface area contributed by atoms with Crippen molar-refractivity contribution in [1.29, 1.82) is 0 Å². The molecule has 2 N–H and O–H groups in total. The summed E-state index contributed by atoms with van der Waals surface area (Å²) in [6.07, 6.45) is 3.73. The van der Waals surface area contributed by atoms with Crippen LogP contribution in [0.2, 0.25) is 0 Å². The van der Waals surface area contributed by atoms with Crippen LogP contribution in [0.4, 0.5) is 0 Å². The van der Waals surface area contributed by atoms with Crippen LogP contribution < -0.4 is 5.73 Å². The van der Waals surface area contributed by atoms with Gasteiger partial charge in [-0.25, -0.2) is 0 Å². The maximum atomic E-state index is 5.91. The van der Waals surface area contributed by atoms with E-state index in [-0.39, 0.29) is 11.7 Å². The van der Waals surface area contributed by atoms with Crippen LogP contribution in [0.15, 0.2) is 0 Å². The minimum absolute atomic E-state index is 0.0558. The van der Waals surface area contributed by atoms with E-state index in [1.54, 1.807) is 0 Å². The predicted molar refractivity (Wildman–Crippen MR) is 61.8 cm³/mol. The molecule has 0 aromatic heterocycles. The summed E-state index contributed by atoms with van der Waals surface area (Å²) >= 11 is 0. The molecular formula is C12H25NO2. The summed E-state index contributed by atoms with van der Waals surface area (Å²) < 4.78 is 11.4. The topological polar surface area (TPSA) is 44.5 Å². The van der Waals surface area contributed by atoms with Gasteiger partial charge in [0.25, 0.3) is 0 Å². The molecule has 15 heavy (non-hydrogen) atoms. The van der Waals surface area contributed by atoms with Crippen LogP contribution >= 0.6 is 0 Å². The first-order valence-corrected chi connectivity index (χ1v) is 6.03. The molecule has 0 radical (unpaired) electrons. The fraction of sp³-hybridized carbons (Fsp3) is 1.00. The Hall–Kier alpha value is -0.120. The van der Waals surface area contributed by atoms with E-state index in [1.807, 2.05) is 13.8 Å². The summed E-state index contributed by atoms with van der Waals surface area (Å²) in [6.45, 7) is 8.33. The van der Waals surface area contributed by atoms with Gasteiger partial charge in [-0.1, -0.05) is 6.92 Å². The molecule has 0 amide bonds. The Labute approximate surface area is 93.3 Å². The van der Waals surface area contributed by atoms with Gasteiger partial charge in [-0.15, -0.1) is 0 Å². The Balaban J connectivity index is 2.22. The van der Waals surface area contributed by atoms with Gasteiger partial charge in [0.2, 0.25) is 0 Å². The fourth-order valence-corrected chi connectivity index (χ4v) is 2.27. The van der Waals surface area contributed by atoms with Gasteiger partial charge < -0.3 is 15.2 Å². The maximum Gasteiger partial charge on any atom is 0.0807 e. The second-order valence-electron chi connectivity index (χ2n) is 5.00. The number of rotatable bonds is 6. The second kappa shape index (κ2) is 5.83. The largest absolute Gasteiger partial charge is 0.376 e. The van der Waals surface area contributed by atoms with Crippen molar-refractivity contribution in [2.45, 2.75) is 51.7 Å². The zero-order valence-corrected chi connectivity index (χ0v) is 10.3. The van der Waals surface area contributed by atoms with Crippen LogP contribution in [0.5, 0.6) is 0 Å². The zero-order chi connectivity index (χ0) is 11.3. The Morgan fingerprint density at radius 1 is 1.40 bits per heavy atom. The highest BCUT2D eigenvalue weighted by molar-refractivity contribution is 4.90. The highest BCUT2D eigenvalue weighted by Crippen LogP contribution is 2.36. The standard InChI is InChI=1S/C12H25NO2/c1-10(2)14-6-7-15-12(9-13)5-4-11(3)8-12/h10-11H,4-9,13H2,1-3H3. The van der Waals surface area contributed by atoms with Crippen LogP contribution in [0.25, 0.3) is 0 Å². The molecule has 0 aromatic rings. The molecule has 3 heteroatoms. The summed E-state index contributed by atoms with van der Waals surface area (Å²) in [6, 6.07) is 0. The van der Waals surface area contributed by atoms with E-state index in [0.29, 0.717) is 19.8 Å². The summed E-state index contributed by atoms with van der Waals surface area (Å²) in [4.78, 5) is 0. The van der Waals surface area contributed by atoms with Gasteiger partial charge in [0, 0.05) is 6.54 Å². The number of nitrogens with two attached hydrogens (primary N) is 1. The van der Waals surface area contributed by atoms with Crippen molar-refractivity contribution >= 4 is 0 Å². The lowest BCUT2D eigenvalue weighted by molar-refractivity contribution is -0.0676. The third-order valence-electron chi connectivity index (χ3n) is 3.13. The molecule has 0 heterocycles. The molecule has 2 atom stereocenters. The SMILES string of the molecule is CC1CCC(CN)(OCCOC(C)C)C1. The average molecular weight is 215 g/mol. The van der Waals surface area contributed by atoms with Crippen molar-refractivity contribution in [2.75, 3.05) is 19.8 Å². The number of hydrogen-bond donors (Lipinski definition) is 1. The average Bonchev–Trinajstić information content (AvgIpc) is 2.56. The van der Waals surface area contributed by atoms with Crippen LogP contribution in [0.1, 0.15) is 40.0 Å². The van der Waals surface area contributed by atoms with Gasteiger partial charge >= 0.3 is 0 Å². The van der Waals surface area contributed by atoms with Crippen LogP contribution in [-0.4, -0.2) is 31.5 Å². The first-order chi connectivity index (χ1) is 7.08. The molecule has 90 valence electrons. The van der Waals surface area contributed by atoms with Crippen LogP contribution in [0, 0.1) is 5.92 Å². The van der Waals surface area contributed by atoms with E-state index < -0.39 is 0 Å². The quantitative estimate of drug-likeness (QED) is 0.689. The van der Waals surface area contributed by atoms with Crippen LogP contribution in [-0.2, 0) is 9.47 Å². The van der Waals surface area contributed by atoms with Gasteiger partial charge in [-0.2, -0.15) is 0 Å². The molecule has 0 aliphatic heterocycles. The normalized spacial score (nSPS) is 31.4. The Morgan fingerprint density at radius 3 is 2.60 bits per heavy atom. The van der Waals surface area contributed by atoms with E-state index in [2.05, 4.69) is 6.92 Å². The summed E-state index contributed by atoms with van der Waals surface area (Å²) in [5.41, 5.74) is 5.75. The Morgan fingerprint density at radius 2 is 2.13 bits per heavy atom.